The molecule has 0 saturated carbocycles. The summed E-state index contributed by atoms with van der Waals surface area (Å²) in [6.45, 7) is 4.75. The van der Waals surface area contributed by atoms with Crippen molar-refractivity contribution in [3.8, 4) is 0 Å². The predicted molar refractivity (Wildman–Crippen MR) is 61.5 cm³/mol. The summed E-state index contributed by atoms with van der Waals surface area (Å²) in [6, 6.07) is 0. The number of morpholine rings is 1. The van der Waals surface area contributed by atoms with E-state index in [-0.39, 0.29) is 11.8 Å². The minimum atomic E-state index is 0.0889. The molecule has 0 unspecified atom stereocenters. The molecule has 2 rings (SSSR count). The second-order valence-corrected chi connectivity index (χ2v) is 4.52. The lowest BCUT2D eigenvalue weighted by Gasteiger charge is -2.34. The van der Waals surface area contributed by atoms with Crippen LogP contribution >= 0.6 is 0 Å². The fourth-order valence-electron chi connectivity index (χ4n) is 2.05. The van der Waals surface area contributed by atoms with Gasteiger partial charge in [0.05, 0.1) is 26.3 Å². The molecular formula is C11H19N3O3. The van der Waals surface area contributed by atoms with Crippen LogP contribution in [0.3, 0.4) is 0 Å². The van der Waals surface area contributed by atoms with Crippen LogP contribution in [0, 0.1) is 0 Å². The largest absolute Gasteiger partial charge is 0.378 e. The zero-order valence-electron chi connectivity index (χ0n) is 10.2. The highest BCUT2D eigenvalue weighted by atomic mass is 16.5. The van der Waals surface area contributed by atoms with Crippen LogP contribution in [0.15, 0.2) is 0 Å². The van der Waals surface area contributed by atoms with Crippen molar-refractivity contribution in [2.75, 3.05) is 59.5 Å². The zero-order chi connectivity index (χ0) is 12.3. The number of hydrogen-bond acceptors (Lipinski definition) is 4. The number of rotatable bonds is 2. The molecule has 2 aliphatic rings. The molecular weight excluding hydrogens is 222 g/mol. The molecule has 2 fully saturated rings. The molecule has 0 aromatic carbocycles. The summed E-state index contributed by atoms with van der Waals surface area (Å²) in [7, 11) is 1.80. The average Bonchev–Trinajstić information content (AvgIpc) is 2.35. The Labute approximate surface area is 101 Å². The first kappa shape index (κ1) is 12.3. The maximum Gasteiger partial charge on any atom is 0.236 e. The fraction of sp³-hybridized carbons (Fsp3) is 0.818. The number of hydrogen-bond donors (Lipinski definition) is 0. The van der Waals surface area contributed by atoms with Gasteiger partial charge in [-0.2, -0.15) is 0 Å². The maximum absolute atomic E-state index is 12.0. The topological polar surface area (TPSA) is 53.1 Å². The molecule has 0 bridgehead atoms. The summed E-state index contributed by atoms with van der Waals surface area (Å²) in [6.07, 6.45) is 0. The number of amides is 2. The molecule has 2 saturated heterocycles. The summed E-state index contributed by atoms with van der Waals surface area (Å²) < 4.78 is 5.20. The molecule has 0 aromatic rings. The Morgan fingerprint density at radius 1 is 1.24 bits per heavy atom. The number of carbonyl (C=O) groups is 2. The molecule has 6 heteroatoms. The molecule has 17 heavy (non-hydrogen) atoms. The zero-order valence-corrected chi connectivity index (χ0v) is 10.2. The average molecular weight is 241 g/mol. The second kappa shape index (κ2) is 5.46. The normalized spacial score (nSPS) is 23.0. The highest BCUT2D eigenvalue weighted by Crippen LogP contribution is 2.03. The van der Waals surface area contributed by atoms with E-state index in [1.807, 2.05) is 9.80 Å². The number of ether oxygens (including phenoxy) is 1. The molecule has 0 radical (unpaired) electrons. The van der Waals surface area contributed by atoms with Crippen molar-refractivity contribution in [2.24, 2.45) is 0 Å². The molecule has 0 spiro atoms. The summed E-state index contributed by atoms with van der Waals surface area (Å²) in [4.78, 5) is 28.9. The summed E-state index contributed by atoms with van der Waals surface area (Å²) in [5, 5.41) is 0. The minimum Gasteiger partial charge on any atom is -0.378 e. The van der Waals surface area contributed by atoms with Crippen molar-refractivity contribution in [3.05, 3.63) is 0 Å². The fourth-order valence-corrected chi connectivity index (χ4v) is 2.05. The standard InChI is InChI=1S/C11H19N3O3/c1-12-2-3-13(8-10(12)15)9-11(16)14-4-6-17-7-5-14/h2-9H2,1H3. The summed E-state index contributed by atoms with van der Waals surface area (Å²) >= 11 is 0. The van der Waals surface area contributed by atoms with Crippen LogP contribution in [-0.4, -0.2) is 86.0 Å². The van der Waals surface area contributed by atoms with E-state index in [0.717, 1.165) is 6.54 Å². The Morgan fingerprint density at radius 2 is 1.94 bits per heavy atom. The van der Waals surface area contributed by atoms with Crippen molar-refractivity contribution in [3.63, 3.8) is 0 Å². The Kier molecular flexibility index (Phi) is 3.96. The monoisotopic (exact) mass is 241 g/mol. The van der Waals surface area contributed by atoms with Crippen LogP contribution in [0.4, 0.5) is 0 Å². The van der Waals surface area contributed by atoms with Crippen molar-refractivity contribution in [1.29, 1.82) is 0 Å². The van der Waals surface area contributed by atoms with E-state index >= 15 is 0 Å². The van der Waals surface area contributed by atoms with Gasteiger partial charge in [0.1, 0.15) is 0 Å². The van der Waals surface area contributed by atoms with Gasteiger partial charge in [0, 0.05) is 33.2 Å². The molecule has 2 aliphatic heterocycles. The van der Waals surface area contributed by atoms with Gasteiger partial charge in [-0.25, -0.2) is 0 Å². The van der Waals surface area contributed by atoms with Gasteiger partial charge in [-0.1, -0.05) is 0 Å². The molecule has 6 nitrogen and oxygen atoms in total. The first-order chi connectivity index (χ1) is 8.16. The number of nitrogens with zero attached hydrogens (tertiary/aromatic N) is 3. The first-order valence-electron chi connectivity index (χ1n) is 5.98. The van der Waals surface area contributed by atoms with Crippen LogP contribution in [-0.2, 0) is 14.3 Å². The van der Waals surface area contributed by atoms with Crippen molar-refractivity contribution in [1.82, 2.24) is 14.7 Å². The van der Waals surface area contributed by atoms with E-state index in [2.05, 4.69) is 0 Å². The second-order valence-electron chi connectivity index (χ2n) is 4.52. The van der Waals surface area contributed by atoms with Gasteiger partial charge in [-0.3, -0.25) is 14.5 Å². The third-order valence-corrected chi connectivity index (χ3v) is 3.26. The number of carbonyl (C=O) groups excluding carboxylic acids is 2. The molecule has 96 valence electrons. The van der Waals surface area contributed by atoms with E-state index in [0.29, 0.717) is 45.9 Å². The van der Waals surface area contributed by atoms with Crippen LogP contribution < -0.4 is 0 Å². The van der Waals surface area contributed by atoms with E-state index in [4.69, 9.17) is 4.74 Å². The molecule has 0 aromatic heterocycles. The minimum absolute atomic E-state index is 0.0889. The number of piperazine rings is 1. The van der Waals surface area contributed by atoms with Crippen LogP contribution in [0.5, 0.6) is 0 Å². The number of likely N-dealkylation sites (N-methyl/N-ethyl adjacent to an activating group) is 1. The first-order valence-corrected chi connectivity index (χ1v) is 5.98. The van der Waals surface area contributed by atoms with E-state index < -0.39 is 0 Å². The SMILES string of the molecule is CN1CCN(CC(=O)N2CCOCC2)CC1=O. The maximum atomic E-state index is 12.0. The van der Waals surface area contributed by atoms with Crippen molar-refractivity contribution >= 4 is 11.8 Å². The van der Waals surface area contributed by atoms with Gasteiger partial charge in [0.25, 0.3) is 0 Å². The molecule has 0 aliphatic carbocycles. The molecule has 0 N–H and O–H groups in total. The van der Waals surface area contributed by atoms with Gasteiger partial charge in [0.2, 0.25) is 11.8 Å². The third kappa shape index (κ3) is 3.17. The van der Waals surface area contributed by atoms with Crippen LogP contribution in [0.1, 0.15) is 0 Å². The highest BCUT2D eigenvalue weighted by Gasteiger charge is 2.25. The van der Waals surface area contributed by atoms with Gasteiger partial charge < -0.3 is 14.5 Å². The lowest BCUT2D eigenvalue weighted by Crippen LogP contribution is -2.52. The summed E-state index contributed by atoms with van der Waals surface area (Å²) in [5.41, 5.74) is 0. The molecule has 0 atom stereocenters. The Morgan fingerprint density at radius 3 is 2.59 bits per heavy atom. The Hall–Kier alpha value is -1.14. The Balaban J connectivity index is 1.80. The predicted octanol–water partition coefficient (Wildman–Crippen LogP) is -1.38. The van der Waals surface area contributed by atoms with Crippen molar-refractivity contribution < 1.29 is 14.3 Å². The van der Waals surface area contributed by atoms with Gasteiger partial charge >= 0.3 is 0 Å². The lowest BCUT2D eigenvalue weighted by atomic mass is 10.3. The highest BCUT2D eigenvalue weighted by molar-refractivity contribution is 5.81. The van der Waals surface area contributed by atoms with Crippen LogP contribution in [0.2, 0.25) is 0 Å². The summed E-state index contributed by atoms with van der Waals surface area (Å²) in [5.74, 6) is 0.191. The van der Waals surface area contributed by atoms with E-state index in [1.165, 1.54) is 0 Å². The van der Waals surface area contributed by atoms with E-state index in [9.17, 15) is 9.59 Å². The molecule has 2 amide bonds. The van der Waals surface area contributed by atoms with Crippen molar-refractivity contribution in [2.45, 2.75) is 0 Å². The molecule has 2 heterocycles. The lowest BCUT2D eigenvalue weighted by molar-refractivity contribution is -0.140. The van der Waals surface area contributed by atoms with Gasteiger partial charge in [0.15, 0.2) is 0 Å². The van der Waals surface area contributed by atoms with E-state index in [1.54, 1.807) is 11.9 Å². The quantitative estimate of drug-likeness (QED) is 0.598. The Bertz CT molecular complexity index is 302. The third-order valence-electron chi connectivity index (χ3n) is 3.26. The van der Waals surface area contributed by atoms with Gasteiger partial charge in [-0.15, -0.1) is 0 Å². The smallest absolute Gasteiger partial charge is 0.236 e. The van der Waals surface area contributed by atoms with Crippen LogP contribution in [0.25, 0.3) is 0 Å². The van der Waals surface area contributed by atoms with Gasteiger partial charge in [-0.05, 0) is 0 Å².